The van der Waals surface area contributed by atoms with E-state index in [9.17, 15) is 30.3 Å². The number of hydrogen-bond acceptors (Lipinski definition) is 8. The van der Waals surface area contributed by atoms with Crippen molar-refractivity contribution in [3.8, 4) is 0 Å². The SMILES string of the molecule is CCCCC/C=C\C=C/CCCCCCCCC(=O)NC(COC1OC(CO)C(O)C(O)C1O)C(O)CCCCCCCCCCCCCCCCCC. The predicted octanol–water partition coefficient (Wildman–Crippen LogP) is 9.11. The maximum atomic E-state index is 12.9. The molecular formula is C45H85NO8. The Morgan fingerprint density at radius 3 is 1.59 bits per heavy atom. The minimum Gasteiger partial charge on any atom is -0.394 e. The summed E-state index contributed by atoms with van der Waals surface area (Å²) in [4.78, 5) is 12.9. The van der Waals surface area contributed by atoms with Crippen molar-refractivity contribution in [2.45, 2.75) is 243 Å². The Morgan fingerprint density at radius 1 is 0.630 bits per heavy atom. The van der Waals surface area contributed by atoms with Gasteiger partial charge < -0.3 is 40.3 Å². The molecule has 1 rings (SSSR count). The molecule has 1 amide bonds. The molecule has 0 aromatic heterocycles. The van der Waals surface area contributed by atoms with Gasteiger partial charge in [-0.2, -0.15) is 0 Å². The molecule has 1 saturated heterocycles. The zero-order valence-electron chi connectivity index (χ0n) is 34.7. The fourth-order valence-electron chi connectivity index (χ4n) is 7.15. The van der Waals surface area contributed by atoms with E-state index in [1.54, 1.807) is 0 Å². The van der Waals surface area contributed by atoms with Gasteiger partial charge in [0, 0.05) is 6.42 Å². The van der Waals surface area contributed by atoms with Crippen molar-refractivity contribution in [3.63, 3.8) is 0 Å². The van der Waals surface area contributed by atoms with Gasteiger partial charge in [-0.1, -0.05) is 179 Å². The lowest BCUT2D eigenvalue weighted by molar-refractivity contribution is -0.302. The zero-order valence-corrected chi connectivity index (χ0v) is 34.7. The van der Waals surface area contributed by atoms with Crippen molar-refractivity contribution in [1.29, 1.82) is 0 Å². The normalized spacial score (nSPS) is 21.6. The van der Waals surface area contributed by atoms with Gasteiger partial charge in [0.2, 0.25) is 5.91 Å². The summed E-state index contributed by atoms with van der Waals surface area (Å²) >= 11 is 0. The summed E-state index contributed by atoms with van der Waals surface area (Å²) in [5, 5.41) is 54.3. The van der Waals surface area contributed by atoms with Crippen LogP contribution in [0.4, 0.5) is 0 Å². The van der Waals surface area contributed by atoms with Crippen molar-refractivity contribution in [2.75, 3.05) is 13.2 Å². The van der Waals surface area contributed by atoms with Crippen LogP contribution in [-0.2, 0) is 14.3 Å². The third-order valence-electron chi connectivity index (χ3n) is 10.8. The second-order valence-electron chi connectivity index (χ2n) is 15.9. The summed E-state index contributed by atoms with van der Waals surface area (Å²) in [6.07, 6.45) is 34.6. The molecule has 7 atom stereocenters. The minimum absolute atomic E-state index is 0.141. The number of aliphatic hydroxyl groups is 5. The first kappa shape index (κ1) is 50.7. The van der Waals surface area contributed by atoms with Gasteiger partial charge in [-0.25, -0.2) is 0 Å². The van der Waals surface area contributed by atoms with E-state index >= 15 is 0 Å². The Kier molecular flexibility index (Phi) is 33.8. The Labute approximate surface area is 330 Å². The smallest absolute Gasteiger partial charge is 0.220 e. The molecule has 318 valence electrons. The number of allylic oxidation sites excluding steroid dienone is 4. The molecule has 1 aliphatic rings. The van der Waals surface area contributed by atoms with Crippen LogP contribution in [0.2, 0.25) is 0 Å². The third-order valence-corrected chi connectivity index (χ3v) is 10.8. The van der Waals surface area contributed by atoms with Crippen molar-refractivity contribution in [1.82, 2.24) is 5.32 Å². The van der Waals surface area contributed by atoms with E-state index in [1.807, 2.05) is 0 Å². The van der Waals surface area contributed by atoms with Crippen LogP contribution in [0, 0.1) is 0 Å². The van der Waals surface area contributed by atoms with Gasteiger partial charge in [0.25, 0.3) is 0 Å². The number of carbonyl (C=O) groups is 1. The standard InChI is InChI=1S/C45H85NO8/c1-3-5-7-9-11-13-15-17-19-21-22-24-26-28-30-32-34-39(48)38(37-53-45-44(52)43(51)42(50)40(36-47)54-45)46-41(49)35-33-31-29-27-25-23-20-18-16-14-12-10-8-6-4-2/h12,14,16,18,38-40,42-45,47-48,50-52H,3-11,13,15,17,19-37H2,1-2H3,(H,46,49)/b14-12-,18-16-. The first-order valence-corrected chi connectivity index (χ1v) is 22.6. The van der Waals surface area contributed by atoms with Gasteiger partial charge >= 0.3 is 0 Å². The summed E-state index contributed by atoms with van der Waals surface area (Å²) in [5.74, 6) is -0.156. The number of ether oxygens (including phenoxy) is 2. The largest absolute Gasteiger partial charge is 0.394 e. The van der Waals surface area contributed by atoms with Crippen LogP contribution in [-0.4, -0.2) is 87.5 Å². The van der Waals surface area contributed by atoms with Crippen LogP contribution in [0.1, 0.15) is 200 Å². The van der Waals surface area contributed by atoms with Crippen LogP contribution in [0.5, 0.6) is 0 Å². The monoisotopic (exact) mass is 768 g/mol. The lowest BCUT2D eigenvalue weighted by Gasteiger charge is -2.40. The van der Waals surface area contributed by atoms with Gasteiger partial charge in [-0.05, 0) is 38.5 Å². The number of nitrogens with one attached hydrogen (secondary N) is 1. The van der Waals surface area contributed by atoms with Crippen LogP contribution >= 0.6 is 0 Å². The Bertz CT molecular complexity index is 899. The van der Waals surface area contributed by atoms with Gasteiger partial charge in [0.1, 0.15) is 24.4 Å². The Morgan fingerprint density at radius 2 is 1.07 bits per heavy atom. The van der Waals surface area contributed by atoms with Gasteiger partial charge in [0.05, 0.1) is 25.4 Å². The van der Waals surface area contributed by atoms with E-state index in [1.165, 1.54) is 116 Å². The molecule has 0 aliphatic carbocycles. The fraction of sp³-hybridized carbons (Fsp3) is 0.889. The topological polar surface area (TPSA) is 149 Å². The predicted molar refractivity (Wildman–Crippen MR) is 221 cm³/mol. The highest BCUT2D eigenvalue weighted by atomic mass is 16.7. The first-order valence-electron chi connectivity index (χ1n) is 22.6. The molecule has 0 radical (unpaired) electrons. The fourth-order valence-corrected chi connectivity index (χ4v) is 7.15. The molecule has 1 fully saturated rings. The molecule has 0 saturated carbocycles. The van der Waals surface area contributed by atoms with E-state index in [-0.39, 0.29) is 12.5 Å². The summed E-state index contributed by atoms with van der Waals surface area (Å²) < 4.78 is 11.2. The minimum atomic E-state index is -1.55. The van der Waals surface area contributed by atoms with E-state index in [2.05, 4.69) is 43.5 Å². The summed E-state index contributed by atoms with van der Waals surface area (Å²) in [6, 6.07) is -0.722. The van der Waals surface area contributed by atoms with Crippen molar-refractivity contribution in [2.24, 2.45) is 0 Å². The van der Waals surface area contributed by atoms with Crippen molar-refractivity contribution >= 4 is 5.91 Å². The number of carbonyl (C=O) groups excluding carboxylic acids is 1. The van der Waals surface area contributed by atoms with Crippen LogP contribution < -0.4 is 5.32 Å². The number of hydrogen-bond donors (Lipinski definition) is 6. The second kappa shape index (κ2) is 36.0. The maximum absolute atomic E-state index is 12.9. The highest BCUT2D eigenvalue weighted by Crippen LogP contribution is 2.23. The molecular weight excluding hydrogens is 682 g/mol. The molecule has 6 N–H and O–H groups in total. The van der Waals surface area contributed by atoms with Gasteiger partial charge in [0.15, 0.2) is 6.29 Å². The number of unbranched alkanes of at least 4 members (excludes halogenated alkanes) is 24. The van der Waals surface area contributed by atoms with Crippen LogP contribution in [0.25, 0.3) is 0 Å². The Balaban J connectivity index is 2.35. The van der Waals surface area contributed by atoms with E-state index < -0.39 is 49.5 Å². The highest BCUT2D eigenvalue weighted by Gasteiger charge is 2.44. The summed E-state index contributed by atoms with van der Waals surface area (Å²) in [5.41, 5.74) is 0. The maximum Gasteiger partial charge on any atom is 0.220 e. The van der Waals surface area contributed by atoms with Gasteiger partial charge in [-0.15, -0.1) is 0 Å². The Hall–Kier alpha value is -1.33. The first-order chi connectivity index (χ1) is 26.3. The number of rotatable bonds is 37. The molecule has 1 aliphatic heterocycles. The summed E-state index contributed by atoms with van der Waals surface area (Å²) in [7, 11) is 0. The molecule has 9 heteroatoms. The van der Waals surface area contributed by atoms with Gasteiger partial charge in [-0.3, -0.25) is 4.79 Å². The molecule has 9 nitrogen and oxygen atoms in total. The van der Waals surface area contributed by atoms with Crippen molar-refractivity contribution in [3.05, 3.63) is 24.3 Å². The number of aliphatic hydroxyl groups excluding tert-OH is 5. The molecule has 0 aromatic carbocycles. The third kappa shape index (κ3) is 26.5. The zero-order chi connectivity index (χ0) is 39.5. The lowest BCUT2D eigenvalue weighted by atomic mass is 9.99. The molecule has 0 bridgehead atoms. The molecule has 54 heavy (non-hydrogen) atoms. The average molecular weight is 768 g/mol. The molecule has 7 unspecified atom stereocenters. The quantitative estimate of drug-likeness (QED) is 0.0271. The number of amides is 1. The molecule has 0 spiro atoms. The van der Waals surface area contributed by atoms with Crippen LogP contribution in [0.3, 0.4) is 0 Å². The van der Waals surface area contributed by atoms with E-state index in [0.717, 1.165) is 57.8 Å². The summed E-state index contributed by atoms with van der Waals surface area (Å²) in [6.45, 7) is 3.79. The highest BCUT2D eigenvalue weighted by molar-refractivity contribution is 5.76. The lowest BCUT2D eigenvalue weighted by Crippen LogP contribution is -2.60. The van der Waals surface area contributed by atoms with Crippen molar-refractivity contribution < 1.29 is 39.8 Å². The van der Waals surface area contributed by atoms with E-state index in [4.69, 9.17) is 9.47 Å². The molecule has 1 heterocycles. The second-order valence-corrected chi connectivity index (χ2v) is 15.9. The molecule has 0 aromatic rings. The van der Waals surface area contributed by atoms with Crippen LogP contribution in [0.15, 0.2) is 24.3 Å². The van der Waals surface area contributed by atoms with E-state index in [0.29, 0.717) is 12.8 Å². The average Bonchev–Trinajstić information content (AvgIpc) is 3.17.